The molecule has 2 heteroatoms. The highest BCUT2D eigenvalue weighted by Crippen LogP contribution is 2.44. The molecule has 187 valence electrons. The molecule has 0 aliphatic heterocycles. The van der Waals surface area contributed by atoms with Crippen molar-refractivity contribution in [3.63, 3.8) is 0 Å². The average Bonchev–Trinajstić information content (AvgIpc) is 2.72. The van der Waals surface area contributed by atoms with Crippen molar-refractivity contribution in [2.45, 2.75) is 119 Å². The Kier molecular flexibility index (Phi) is 9.08. The zero-order chi connectivity index (χ0) is 26.1. The second-order valence-electron chi connectivity index (χ2n) is 11.8. The molecule has 2 aromatic rings. The quantitative estimate of drug-likeness (QED) is 0.389. The summed E-state index contributed by atoms with van der Waals surface area (Å²) in [6, 6.07) is 9.02. The van der Waals surface area contributed by atoms with Gasteiger partial charge in [0.2, 0.25) is 0 Å². The van der Waals surface area contributed by atoms with Crippen molar-refractivity contribution in [2.75, 3.05) is 0 Å². The Hall–Kier alpha value is -2.22. The smallest absolute Gasteiger partial charge is 0.336 e. The molecule has 34 heavy (non-hydrogen) atoms. The highest BCUT2D eigenvalue weighted by molar-refractivity contribution is 5.87. The van der Waals surface area contributed by atoms with Crippen molar-refractivity contribution in [3.8, 4) is 0 Å². The molecule has 1 N–H and O–H groups in total. The second-order valence-corrected chi connectivity index (χ2v) is 11.8. The van der Waals surface area contributed by atoms with Gasteiger partial charge in [-0.15, -0.1) is 0 Å². The third kappa shape index (κ3) is 5.70. The Morgan fingerprint density at radius 3 is 0.882 bits per heavy atom. The summed E-state index contributed by atoms with van der Waals surface area (Å²) in [4.78, 5) is 0. The predicted molar refractivity (Wildman–Crippen MR) is 147 cm³/mol. The fourth-order valence-electron chi connectivity index (χ4n) is 4.83. The van der Waals surface area contributed by atoms with Crippen LogP contribution in [0.15, 0.2) is 30.2 Å². The molecular weight excluding hydrogens is 416 g/mol. The fraction of sp³-hybridized carbons (Fsp3) is 0.562. The first-order valence-electron chi connectivity index (χ1n) is 13.1. The van der Waals surface area contributed by atoms with Crippen LogP contribution in [0.1, 0.15) is 163 Å². The molecule has 0 amide bonds. The minimum absolute atomic E-state index is 0.223. The summed E-state index contributed by atoms with van der Waals surface area (Å²) in [7, 11) is 0. The molecule has 2 aromatic carbocycles. The summed E-state index contributed by atoms with van der Waals surface area (Å²) in [5, 5.41) is 24.0. The van der Waals surface area contributed by atoms with Crippen LogP contribution in [0.25, 0.3) is 5.57 Å². The highest BCUT2D eigenvalue weighted by Gasteiger charge is 2.29. The Bertz CT molecular complexity index is 893. The van der Waals surface area contributed by atoms with Gasteiger partial charge in [0.05, 0.1) is 5.57 Å². The van der Waals surface area contributed by atoms with Crippen molar-refractivity contribution in [3.05, 3.63) is 74.7 Å². The lowest BCUT2D eigenvalue weighted by Gasteiger charge is -2.28. The summed E-state index contributed by atoms with van der Waals surface area (Å²) in [6.45, 7) is 26.3. The molecule has 2 rings (SSSR count). The van der Waals surface area contributed by atoms with Crippen LogP contribution in [0.5, 0.6) is 0 Å². The van der Waals surface area contributed by atoms with E-state index in [9.17, 15) is 10.2 Å². The number of aliphatic hydroxyl groups is 1. The van der Waals surface area contributed by atoms with Gasteiger partial charge in [0.25, 0.3) is 0 Å². The number of aliphatic hydroxyl groups excluding tert-OH is 1. The van der Waals surface area contributed by atoms with E-state index in [-0.39, 0.29) is 23.7 Å². The predicted octanol–water partition coefficient (Wildman–Crippen LogP) is 10.1. The van der Waals surface area contributed by atoms with Gasteiger partial charge in [-0.3, -0.25) is 0 Å². The lowest BCUT2D eigenvalue weighted by molar-refractivity contribution is 0.131. The summed E-state index contributed by atoms with van der Waals surface area (Å²) in [6.07, 6.45) is 0. The summed E-state index contributed by atoms with van der Waals surface area (Å²) in [5.41, 5.74) is 9.48. The molecular formula is C32H47O2. The maximum atomic E-state index is 13.2. The van der Waals surface area contributed by atoms with Gasteiger partial charge >= 0.3 is 5.95 Å². The molecule has 0 unspecified atom stereocenters. The van der Waals surface area contributed by atoms with Gasteiger partial charge in [-0.25, -0.2) is 5.11 Å². The zero-order valence-corrected chi connectivity index (χ0v) is 23.6. The molecule has 0 heterocycles. The van der Waals surface area contributed by atoms with Crippen molar-refractivity contribution < 1.29 is 10.2 Å². The van der Waals surface area contributed by atoms with E-state index < -0.39 is 5.95 Å². The topological polar surface area (TPSA) is 40.1 Å². The van der Waals surface area contributed by atoms with Crippen LogP contribution in [0.3, 0.4) is 0 Å². The molecule has 0 fully saturated rings. The van der Waals surface area contributed by atoms with E-state index in [0.717, 1.165) is 33.4 Å². The molecule has 0 aromatic heterocycles. The minimum atomic E-state index is -0.831. The van der Waals surface area contributed by atoms with Crippen LogP contribution < -0.4 is 0 Å². The first-order chi connectivity index (χ1) is 15.7. The van der Waals surface area contributed by atoms with Crippen LogP contribution in [0, 0.1) is 0 Å². The maximum Gasteiger partial charge on any atom is 0.336 e. The van der Waals surface area contributed by atoms with Gasteiger partial charge in [-0.05, 0) is 80.0 Å². The van der Waals surface area contributed by atoms with Crippen molar-refractivity contribution in [1.29, 1.82) is 0 Å². The summed E-state index contributed by atoms with van der Waals surface area (Å²) in [5.74, 6) is 0.837. The largest absolute Gasteiger partial charge is 0.478 e. The van der Waals surface area contributed by atoms with Crippen LogP contribution in [0.4, 0.5) is 0 Å². The Balaban J connectivity index is 3.15. The lowest BCUT2D eigenvalue weighted by atomic mass is 9.75. The molecule has 0 bridgehead atoms. The normalized spacial score (nSPS) is 12.2. The van der Waals surface area contributed by atoms with E-state index in [1.165, 1.54) is 11.1 Å². The Labute approximate surface area is 209 Å². The number of hydrogen-bond acceptors (Lipinski definition) is 1. The average molecular weight is 464 g/mol. The molecule has 0 saturated heterocycles. The van der Waals surface area contributed by atoms with Gasteiger partial charge in [0.1, 0.15) is 0 Å². The van der Waals surface area contributed by atoms with E-state index in [4.69, 9.17) is 0 Å². The van der Waals surface area contributed by atoms with Gasteiger partial charge in [0.15, 0.2) is 0 Å². The van der Waals surface area contributed by atoms with Crippen LogP contribution in [-0.4, -0.2) is 5.11 Å². The summed E-state index contributed by atoms with van der Waals surface area (Å²) < 4.78 is 0. The standard InChI is InChI=1S/C32H47O2/c1-17(2)23-13-25(19(5)6)29(26(14-23)20(7)8)31(32(33)34)30-27(21(9)10)15-24(18(3)4)16-28(30)22(11)12/h13-22,33H,1-12H3. The third-order valence-corrected chi connectivity index (χ3v) is 6.98. The molecule has 0 spiro atoms. The lowest BCUT2D eigenvalue weighted by Crippen LogP contribution is -2.13. The Morgan fingerprint density at radius 1 is 0.500 bits per heavy atom. The summed E-state index contributed by atoms with van der Waals surface area (Å²) >= 11 is 0. The van der Waals surface area contributed by atoms with E-state index in [1.54, 1.807) is 0 Å². The van der Waals surface area contributed by atoms with Gasteiger partial charge in [-0.1, -0.05) is 107 Å². The SMILES string of the molecule is CC(C)c1cc(C(C)C)c(C(=C([O])O)c2c(C(C)C)cc(C(C)C)cc2C(C)C)c(C(C)C)c1. The minimum Gasteiger partial charge on any atom is -0.478 e. The van der Waals surface area contributed by atoms with E-state index >= 15 is 0 Å². The molecule has 0 saturated carbocycles. The first-order valence-corrected chi connectivity index (χ1v) is 13.1. The van der Waals surface area contributed by atoms with Gasteiger partial charge in [0, 0.05) is 0 Å². The van der Waals surface area contributed by atoms with E-state index in [1.807, 2.05) is 0 Å². The zero-order valence-electron chi connectivity index (χ0n) is 23.6. The van der Waals surface area contributed by atoms with Crippen molar-refractivity contribution in [1.82, 2.24) is 0 Å². The van der Waals surface area contributed by atoms with Crippen molar-refractivity contribution >= 4 is 5.57 Å². The van der Waals surface area contributed by atoms with Gasteiger partial charge in [-0.2, -0.15) is 0 Å². The third-order valence-electron chi connectivity index (χ3n) is 6.98. The van der Waals surface area contributed by atoms with Crippen LogP contribution in [-0.2, 0) is 5.11 Å². The highest BCUT2D eigenvalue weighted by atomic mass is 16.5. The number of benzene rings is 2. The van der Waals surface area contributed by atoms with Crippen molar-refractivity contribution in [2.24, 2.45) is 0 Å². The number of hydrogen-bond donors (Lipinski definition) is 1. The maximum absolute atomic E-state index is 13.2. The van der Waals surface area contributed by atoms with E-state index in [0.29, 0.717) is 17.4 Å². The molecule has 1 radical (unpaired) electrons. The Morgan fingerprint density at radius 2 is 0.735 bits per heavy atom. The van der Waals surface area contributed by atoms with E-state index in [2.05, 4.69) is 107 Å². The molecule has 0 aliphatic rings. The van der Waals surface area contributed by atoms with Crippen LogP contribution >= 0.6 is 0 Å². The fourth-order valence-corrected chi connectivity index (χ4v) is 4.83. The first kappa shape index (κ1) is 28.0. The number of rotatable bonds is 8. The second kappa shape index (κ2) is 11.0. The molecule has 2 nitrogen and oxygen atoms in total. The molecule has 0 aliphatic carbocycles. The molecule has 0 atom stereocenters. The van der Waals surface area contributed by atoms with Gasteiger partial charge < -0.3 is 5.11 Å². The monoisotopic (exact) mass is 463 g/mol. The van der Waals surface area contributed by atoms with Crippen LogP contribution in [0.2, 0.25) is 0 Å².